The molecule has 0 saturated heterocycles. The van der Waals surface area contributed by atoms with E-state index >= 15 is 0 Å². The molecule has 0 aromatic carbocycles. The van der Waals surface area contributed by atoms with Gasteiger partial charge in [0.15, 0.2) is 6.10 Å². The summed E-state index contributed by atoms with van der Waals surface area (Å²) in [6, 6.07) is 0. The van der Waals surface area contributed by atoms with Gasteiger partial charge in [0.25, 0.3) is 0 Å². The fourth-order valence-corrected chi connectivity index (χ4v) is 1.69. The molecule has 0 fully saturated rings. The third kappa shape index (κ3) is 2.78. The number of aryl methyl sites for hydroxylation is 1. The van der Waals surface area contributed by atoms with Crippen LogP contribution in [0.1, 0.15) is 10.7 Å². The van der Waals surface area contributed by atoms with E-state index in [1.54, 1.807) is 0 Å². The van der Waals surface area contributed by atoms with Crippen molar-refractivity contribution in [2.45, 2.75) is 19.4 Å². The molecule has 5 heteroatoms. The third-order valence-corrected chi connectivity index (χ3v) is 2.50. The van der Waals surface area contributed by atoms with Gasteiger partial charge in [0.1, 0.15) is 0 Å². The van der Waals surface area contributed by atoms with Crippen molar-refractivity contribution in [2.75, 3.05) is 7.11 Å². The molecule has 4 nitrogen and oxygen atoms in total. The lowest BCUT2D eigenvalue weighted by Gasteiger charge is -2.04. The number of carbonyl (C=O) groups is 1. The van der Waals surface area contributed by atoms with Gasteiger partial charge in [-0.05, 0) is 6.92 Å². The number of nitrogens with zero attached hydrogens (tertiary/aromatic N) is 1. The zero-order valence-corrected chi connectivity index (χ0v) is 8.30. The fraction of sp³-hybridized carbons (Fsp3) is 0.500. The minimum atomic E-state index is -1.10. The van der Waals surface area contributed by atoms with Crippen LogP contribution in [-0.4, -0.2) is 29.3 Å². The van der Waals surface area contributed by atoms with E-state index in [0.29, 0.717) is 0 Å². The number of aromatic nitrogens is 1. The van der Waals surface area contributed by atoms with Crippen molar-refractivity contribution in [1.82, 2.24) is 4.98 Å². The second-order valence-corrected chi connectivity index (χ2v) is 3.57. The number of carbonyl (C=O) groups excluding carboxylic acids is 1. The molecule has 0 aliphatic rings. The number of aliphatic hydroxyl groups is 1. The van der Waals surface area contributed by atoms with E-state index in [2.05, 4.69) is 9.72 Å². The van der Waals surface area contributed by atoms with E-state index in [1.807, 2.05) is 12.3 Å². The van der Waals surface area contributed by atoms with E-state index in [1.165, 1.54) is 18.4 Å². The third-order valence-electron chi connectivity index (χ3n) is 1.51. The quantitative estimate of drug-likeness (QED) is 0.725. The molecule has 1 heterocycles. The Morgan fingerprint density at radius 2 is 2.54 bits per heavy atom. The van der Waals surface area contributed by atoms with Crippen molar-refractivity contribution in [1.29, 1.82) is 0 Å². The lowest BCUT2D eigenvalue weighted by molar-refractivity contribution is -0.150. The average molecular weight is 201 g/mol. The van der Waals surface area contributed by atoms with Crippen molar-refractivity contribution in [3.05, 3.63) is 16.1 Å². The van der Waals surface area contributed by atoms with Gasteiger partial charge in [0.2, 0.25) is 0 Å². The van der Waals surface area contributed by atoms with Gasteiger partial charge in [-0.2, -0.15) is 0 Å². The summed E-state index contributed by atoms with van der Waals surface area (Å²) in [6.07, 6.45) is -0.874. The van der Waals surface area contributed by atoms with E-state index in [9.17, 15) is 9.90 Å². The molecule has 1 unspecified atom stereocenters. The van der Waals surface area contributed by atoms with Gasteiger partial charge < -0.3 is 9.84 Å². The standard InChI is InChI=1S/C8H11NO3S/c1-5-4-13-7(9-5)3-6(10)8(11)12-2/h4,6,10H,3H2,1-2H3. The number of ether oxygens (including phenoxy) is 1. The molecule has 0 aliphatic heterocycles. The highest BCUT2D eigenvalue weighted by Gasteiger charge is 2.17. The van der Waals surface area contributed by atoms with E-state index < -0.39 is 12.1 Å². The summed E-state index contributed by atoms with van der Waals surface area (Å²) in [5.74, 6) is -0.618. The zero-order valence-electron chi connectivity index (χ0n) is 7.48. The van der Waals surface area contributed by atoms with Crippen LogP contribution in [0.2, 0.25) is 0 Å². The lowest BCUT2D eigenvalue weighted by Crippen LogP contribution is -2.23. The molecule has 1 N–H and O–H groups in total. The van der Waals surface area contributed by atoms with Gasteiger partial charge in [-0.3, -0.25) is 0 Å². The van der Waals surface area contributed by atoms with Crippen molar-refractivity contribution < 1.29 is 14.6 Å². The highest BCUT2D eigenvalue weighted by molar-refractivity contribution is 7.09. The van der Waals surface area contributed by atoms with Crippen LogP contribution in [0.4, 0.5) is 0 Å². The van der Waals surface area contributed by atoms with Gasteiger partial charge in [-0.25, -0.2) is 9.78 Å². The number of methoxy groups -OCH3 is 1. The van der Waals surface area contributed by atoms with Crippen LogP contribution in [-0.2, 0) is 16.0 Å². The van der Waals surface area contributed by atoms with Gasteiger partial charge in [-0.15, -0.1) is 11.3 Å². The molecule has 72 valence electrons. The number of hydrogen-bond donors (Lipinski definition) is 1. The molecular weight excluding hydrogens is 190 g/mol. The maximum atomic E-state index is 10.8. The Morgan fingerprint density at radius 1 is 1.85 bits per heavy atom. The molecular formula is C8H11NO3S. The molecule has 1 rings (SSSR count). The van der Waals surface area contributed by atoms with Crippen LogP contribution < -0.4 is 0 Å². The Morgan fingerprint density at radius 3 is 3.00 bits per heavy atom. The Hall–Kier alpha value is -0.940. The normalized spacial score (nSPS) is 12.5. The summed E-state index contributed by atoms with van der Waals surface area (Å²) in [5.41, 5.74) is 0.900. The predicted molar refractivity (Wildman–Crippen MR) is 48.6 cm³/mol. The van der Waals surface area contributed by atoms with Crippen LogP contribution in [0.5, 0.6) is 0 Å². The van der Waals surface area contributed by atoms with Crippen molar-refractivity contribution in [3.63, 3.8) is 0 Å². The summed E-state index contributed by atoms with van der Waals surface area (Å²) in [6.45, 7) is 1.87. The van der Waals surface area contributed by atoms with Crippen molar-refractivity contribution in [2.24, 2.45) is 0 Å². The summed E-state index contributed by atoms with van der Waals surface area (Å²) in [5, 5.41) is 11.9. The second kappa shape index (κ2) is 4.34. The lowest BCUT2D eigenvalue weighted by atomic mass is 10.3. The SMILES string of the molecule is COC(=O)C(O)Cc1nc(C)cs1. The van der Waals surface area contributed by atoms with Crippen LogP contribution >= 0.6 is 11.3 Å². The smallest absolute Gasteiger partial charge is 0.335 e. The first-order valence-electron chi connectivity index (χ1n) is 3.80. The maximum Gasteiger partial charge on any atom is 0.335 e. The average Bonchev–Trinajstić information content (AvgIpc) is 2.49. The summed E-state index contributed by atoms with van der Waals surface area (Å²) in [4.78, 5) is 14.9. The Bertz CT molecular complexity index is 297. The van der Waals surface area contributed by atoms with Crippen molar-refractivity contribution >= 4 is 17.3 Å². The summed E-state index contributed by atoms with van der Waals surface area (Å²) < 4.78 is 4.38. The Labute approximate surface area is 80.2 Å². The fourth-order valence-electron chi connectivity index (χ4n) is 0.881. The van der Waals surface area contributed by atoms with Crippen molar-refractivity contribution in [3.8, 4) is 0 Å². The van der Waals surface area contributed by atoms with E-state index in [0.717, 1.165) is 10.7 Å². The maximum absolute atomic E-state index is 10.8. The van der Waals surface area contributed by atoms with Gasteiger partial charge in [0, 0.05) is 17.5 Å². The second-order valence-electron chi connectivity index (χ2n) is 2.63. The molecule has 0 spiro atoms. The van der Waals surface area contributed by atoms with Gasteiger partial charge >= 0.3 is 5.97 Å². The zero-order chi connectivity index (χ0) is 9.84. The Balaban J connectivity index is 2.54. The van der Waals surface area contributed by atoms with Crippen LogP contribution in [0.25, 0.3) is 0 Å². The first kappa shape index (κ1) is 10.1. The highest BCUT2D eigenvalue weighted by atomic mass is 32.1. The van der Waals surface area contributed by atoms with E-state index in [4.69, 9.17) is 0 Å². The van der Waals surface area contributed by atoms with Crippen LogP contribution in [0, 0.1) is 6.92 Å². The molecule has 0 amide bonds. The molecule has 1 atom stereocenters. The molecule has 0 bridgehead atoms. The van der Waals surface area contributed by atoms with Gasteiger partial charge in [-0.1, -0.05) is 0 Å². The first-order valence-corrected chi connectivity index (χ1v) is 4.68. The molecule has 0 radical (unpaired) electrons. The summed E-state index contributed by atoms with van der Waals surface area (Å²) >= 11 is 1.43. The minimum absolute atomic E-state index is 0.227. The molecule has 0 aliphatic carbocycles. The Kier molecular flexibility index (Phi) is 3.39. The number of aliphatic hydroxyl groups excluding tert-OH is 1. The monoisotopic (exact) mass is 201 g/mol. The number of hydrogen-bond acceptors (Lipinski definition) is 5. The largest absolute Gasteiger partial charge is 0.467 e. The summed E-state index contributed by atoms with van der Waals surface area (Å²) in [7, 11) is 1.25. The molecule has 13 heavy (non-hydrogen) atoms. The van der Waals surface area contributed by atoms with Crippen LogP contribution in [0.15, 0.2) is 5.38 Å². The van der Waals surface area contributed by atoms with E-state index in [-0.39, 0.29) is 6.42 Å². The predicted octanol–water partition coefficient (Wildman–Crippen LogP) is 0.528. The number of thiazole rings is 1. The molecule has 1 aromatic heterocycles. The first-order chi connectivity index (χ1) is 6.13. The molecule has 0 saturated carbocycles. The highest BCUT2D eigenvalue weighted by Crippen LogP contribution is 2.11. The minimum Gasteiger partial charge on any atom is -0.467 e. The number of rotatable bonds is 3. The van der Waals surface area contributed by atoms with Crippen LogP contribution in [0.3, 0.4) is 0 Å². The molecule has 1 aromatic rings. The number of esters is 1. The van der Waals surface area contributed by atoms with Gasteiger partial charge in [0.05, 0.1) is 12.1 Å². The topological polar surface area (TPSA) is 59.4 Å².